The normalized spacial score (nSPS) is 10.9. The lowest BCUT2D eigenvalue weighted by Gasteiger charge is -2.26. The van der Waals surface area contributed by atoms with Crippen molar-refractivity contribution in [3.8, 4) is 11.4 Å². The lowest BCUT2D eigenvalue weighted by molar-refractivity contribution is -0.130. The van der Waals surface area contributed by atoms with Gasteiger partial charge in [0.15, 0.2) is 11.0 Å². The van der Waals surface area contributed by atoms with E-state index in [1.54, 1.807) is 28.8 Å². The number of hydrogen-bond acceptors (Lipinski definition) is 4. The summed E-state index contributed by atoms with van der Waals surface area (Å²) in [4.78, 5) is 14.8. The number of amides is 1. The molecule has 0 atom stereocenters. The van der Waals surface area contributed by atoms with E-state index in [-0.39, 0.29) is 23.5 Å². The standard InChI is InChI=1S/C23H25FN4OS/c1-4-14-27-22(19-12-8-9-13-20(19)24)25-26-23(27)30-16-21(29)28(17(2)3)15-18-10-6-5-7-11-18/h4-13,17H,1,14-16H2,2-3H3. The van der Waals surface area contributed by atoms with E-state index < -0.39 is 0 Å². The average molecular weight is 425 g/mol. The van der Waals surface area contributed by atoms with Crippen LogP contribution in [-0.2, 0) is 17.9 Å². The molecule has 0 unspecified atom stereocenters. The Morgan fingerprint density at radius 1 is 1.17 bits per heavy atom. The molecule has 0 saturated carbocycles. The van der Waals surface area contributed by atoms with Gasteiger partial charge in [-0.3, -0.25) is 9.36 Å². The van der Waals surface area contributed by atoms with Gasteiger partial charge >= 0.3 is 0 Å². The molecule has 5 nitrogen and oxygen atoms in total. The molecule has 1 heterocycles. The Morgan fingerprint density at radius 2 is 1.87 bits per heavy atom. The number of benzene rings is 2. The van der Waals surface area contributed by atoms with Crippen LogP contribution in [0, 0.1) is 5.82 Å². The summed E-state index contributed by atoms with van der Waals surface area (Å²) in [6.45, 7) is 8.75. The summed E-state index contributed by atoms with van der Waals surface area (Å²) in [6, 6.07) is 16.4. The Morgan fingerprint density at radius 3 is 2.53 bits per heavy atom. The van der Waals surface area contributed by atoms with Crippen LogP contribution in [0.1, 0.15) is 19.4 Å². The van der Waals surface area contributed by atoms with Crippen LogP contribution in [0.4, 0.5) is 4.39 Å². The second-order valence-corrected chi connectivity index (χ2v) is 8.02. The van der Waals surface area contributed by atoms with Crippen molar-refractivity contribution < 1.29 is 9.18 Å². The highest BCUT2D eigenvalue weighted by Crippen LogP contribution is 2.26. The van der Waals surface area contributed by atoms with Crippen LogP contribution in [0.2, 0.25) is 0 Å². The maximum Gasteiger partial charge on any atom is 0.233 e. The van der Waals surface area contributed by atoms with Crippen molar-refractivity contribution in [1.82, 2.24) is 19.7 Å². The molecule has 1 amide bonds. The minimum Gasteiger partial charge on any atom is -0.335 e. The Hall–Kier alpha value is -2.93. The first kappa shape index (κ1) is 21.8. The molecule has 0 aliphatic rings. The van der Waals surface area contributed by atoms with E-state index in [0.29, 0.717) is 29.6 Å². The zero-order chi connectivity index (χ0) is 21.5. The number of rotatable bonds is 9. The highest BCUT2D eigenvalue weighted by molar-refractivity contribution is 7.99. The van der Waals surface area contributed by atoms with Gasteiger partial charge in [-0.1, -0.05) is 60.3 Å². The molecule has 0 aliphatic heterocycles. The van der Waals surface area contributed by atoms with Crippen LogP contribution in [-0.4, -0.2) is 37.4 Å². The number of halogens is 1. The van der Waals surface area contributed by atoms with Gasteiger partial charge < -0.3 is 4.90 Å². The van der Waals surface area contributed by atoms with Gasteiger partial charge in [0, 0.05) is 19.1 Å². The van der Waals surface area contributed by atoms with Gasteiger partial charge in [0.1, 0.15) is 5.82 Å². The molecule has 0 bridgehead atoms. The number of carbonyl (C=O) groups excluding carboxylic acids is 1. The van der Waals surface area contributed by atoms with Gasteiger partial charge in [-0.15, -0.1) is 16.8 Å². The molecular formula is C23H25FN4OS. The molecule has 0 spiro atoms. The van der Waals surface area contributed by atoms with Crippen molar-refractivity contribution >= 4 is 17.7 Å². The van der Waals surface area contributed by atoms with Crippen molar-refractivity contribution in [2.45, 2.75) is 38.1 Å². The van der Waals surface area contributed by atoms with Crippen molar-refractivity contribution in [2.24, 2.45) is 0 Å². The Balaban J connectivity index is 1.76. The molecule has 0 N–H and O–H groups in total. The first-order valence-corrected chi connectivity index (χ1v) is 10.7. The summed E-state index contributed by atoms with van der Waals surface area (Å²) in [7, 11) is 0. The van der Waals surface area contributed by atoms with Gasteiger partial charge in [0.25, 0.3) is 0 Å². The zero-order valence-electron chi connectivity index (χ0n) is 17.2. The predicted octanol–water partition coefficient (Wildman–Crippen LogP) is 4.80. The van der Waals surface area contributed by atoms with Crippen molar-refractivity contribution in [1.29, 1.82) is 0 Å². The van der Waals surface area contributed by atoms with E-state index in [2.05, 4.69) is 16.8 Å². The monoisotopic (exact) mass is 424 g/mol. The lowest BCUT2D eigenvalue weighted by atomic mass is 10.2. The van der Waals surface area contributed by atoms with Gasteiger partial charge in [-0.25, -0.2) is 4.39 Å². The van der Waals surface area contributed by atoms with Crippen LogP contribution in [0.5, 0.6) is 0 Å². The van der Waals surface area contributed by atoms with Crippen molar-refractivity contribution in [3.05, 3.63) is 78.6 Å². The van der Waals surface area contributed by atoms with E-state index in [0.717, 1.165) is 5.56 Å². The SMILES string of the molecule is C=CCn1c(SCC(=O)N(Cc2ccccc2)C(C)C)nnc1-c1ccccc1F. The smallest absolute Gasteiger partial charge is 0.233 e. The fraction of sp³-hybridized carbons (Fsp3) is 0.261. The van der Waals surface area contributed by atoms with E-state index >= 15 is 0 Å². The van der Waals surface area contributed by atoms with E-state index in [1.807, 2.05) is 49.1 Å². The molecule has 1 aromatic heterocycles. The van der Waals surface area contributed by atoms with E-state index in [4.69, 9.17) is 0 Å². The van der Waals surface area contributed by atoms with Gasteiger partial charge in [-0.05, 0) is 31.5 Å². The molecule has 156 valence electrons. The van der Waals surface area contributed by atoms with Crippen LogP contribution in [0.25, 0.3) is 11.4 Å². The lowest BCUT2D eigenvalue weighted by Crippen LogP contribution is -2.37. The second kappa shape index (κ2) is 10.2. The van der Waals surface area contributed by atoms with Crippen LogP contribution in [0.15, 0.2) is 72.4 Å². The first-order chi connectivity index (χ1) is 14.5. The molecule has 0 aliphatic carbocycles. The van der Waals surface area contributed by atoms with Crippen molar-refractivity contribution in [3.63, 3.8) is 0 Å². The summed E-state index contributed by atoms with van der Waals surface area (Å²) >= 11 is 1.30. The quantitative estimate of drug-likeness (QED) is 0.366. The maximum absolute atomic E-state index is 14.2. The maximum atomic E-state index is 14.2. The summed E-state index contributed by atoms with van der Waals surface area (Å²) in [5, 5.41) is 8.93. The molecule has 3 aromatic rings. The van der Waals surface area contributed by atoms with Gasteiger partial charge in [0.2, 0.25) is 5.91 Å². The molecule has 0 radical (unpaired) electrons. The number of aromatic nitrogens is 3. The highest BCUT2D eigenvalue weighted by atomic mass is 32.2. The molecule has 30 heavy (non-hydrogen) atoms. The van der Waals surface area contributed by atoms with Gasteiger partial charge in [-0.2, -0.15) is 0 Å². The molecule has 0 saturated heterocycles. The number of nitrogens with zero attached hydrogens (tertiary/aromatic N) is 4. The Bertz CT molecular complexity index is 1000. The highest BCUT2D eigenvalue weighted by Gasteiger charge is 2.21. The Kier molecular flexibility index (Phi) is 7.41. The zero-order valence-corrected chi connectivity index (χ0v) is 18.0. The summed E-state index contributed by atoms with van der Waals surface area (Å²) in [5.74, 6) is 0.293. The molecular weight excluding hydrogens is 399 g/mol. The number of carbonyl (C=O) groups is 1. The van der Waals surface area contributed by atoms with E-state index in [1.165, 1.54) is 17.8 Å². The van der Waals surface area contributed by atoms with Crippen LogP contribution >= 0.6 is 11.8 Å². The minimum atomic E-state index is -0.364. The van der Waals surface area contributed by atoms with Crippen LogP contribution < -0.4 is 0 Å². The summed E-state index contributed by atoms with van der Waals surface area (Å²) < 4.78 is 16.0. The largest absolute Gasteiger partial charge is 0.335 e. The number of thioether (sulfide) groups is 1. The molecule has 7 heteroatoms. The average Bonchev–Trinajstić information content (AvgIpc) is 3.14. The third-order valence-electron chi connectivity index (χ3n) is 4.61. The number of allylic oxidation sites excluding steroid dienone is 1. The van der Waals surface area contributed by atoms with Crippen molar-refractivity contribution in [2.75, 3.05) is 5.75 Å². The molecule has 3 rings (SSSR count). The fourth-order valence-electron chi connectivity index (χ4n) is 3.08. The topological polar surface area (TPSA) is 51.0 Å². The fourth-order valence-corrected chi connectivity index (χ4v) is 3.91. The second-order valence-electron chi connectivity index (χ2n) is 7.07. The summed E-state index contributed by atoms with van der Waals surface area (Å²) in [5.41, 5.74) is 1.46. The predicted molar refractivity (Wildman–Crippen MR) is 118 cm³/mol. The van der Waals surface area contributed by atoms with Crippen LogP contribution in [0.3, 0.4) is 0 Å². The number of hydrogen-bond donors (Lipinski definition) is 0. The Labute approximate surface area is 180 Å². The van der Waals surface area contributed by atoms with Gasteiger partial charge in [0.05, 0.1) is 11.3 Å². The third kappa shape index (κ3) is 5.16. The molecule has 0 fully saturated rings. The first-order valence-electron chi connectivity index (χ1n) is 9.76. The minimum absolute atomic E-state index is 0.0134. The molecule has 2 aromatic carbocycles. The third-order valence-corrected chi connectivity index (χ3v) is 5.56. The van der Waals surface area contributed by atoms with E-state index in [9.17, 15) is 9.18 Å². The summed E-state index contributed by atoms with van der Waals surface area (Å²) in [6.07, 6.45) is 1.70.